The van der Waals surface area contributed by atoms with Crippen molar-refractivity contribution in [1.29, 1.82) is 0 Å². The smallest absolute Gasteiger partial charge is 0.338 e. The van der Waals surface area contributed by atoms with Crippen LogP contribution in [-0.2, 0) is 4.74 Å². The molecule has 0 aromatic heterocycles. The standard InChI is InChI=1S/C18H20N2O3S/c1-2-23-17(22)14-8-10-15(11-9-14)20-18(24)19-12-16(21)13-6-4-3-5-7-13/h3-11,16,21H,2,12H2,1H3,(H2,19,20,24)/t16-/m0/s1. The van der Waals surface area contributed by atoms with Gasteiger partial charge in [0, 0.05) is 12.2 Å². The second kappa shape index (κ2) is 9.00. The summed E-state index contributed by atoms with van der Waals surface area (Å²) < 4.78 is 4.93. The molecule has 0 aliphatic rings. The Morgan fingerprint density at radius 2 is 1.83 bits per heavy atom. The molecule has 0 saturated carbocycles. The average molecular weight is 344 g/mol. The van der Waals surface area contributed by atoms with Gasteiger partial charge in [0.15, 0.2) is 5.11 Å². The summed E-state index contributed by atoms with van der Waals surface area (Å²) in [5, 5.41) is 16.4. The lowest BCUT2D eigenvalue weighted by molar-refractivity contribution is 0.0526. The van der Waals surface area contributed by atoms with Gasteiger partial charge in [0.25, 0.3) is 0 Å². The molecule has 2 aromatic carbocycles. The van der Waals surface area contributed by atoms with Gasteiger partial charge >= 0.3 is 5.97 Å². The number of aliphatic hydroxyl groups is 1. The van der Waals surface area contributed by atoms with Crippen molar-refractivity contribution in [3.8, 4) is 0 Å². The molecule has 0 fully saturated rings. The highest BCUT2D eigenvalue weighted by Gasteiger charge is 2.08. The summed E-state index contributed by atoms with van der Waals surface area (Å²) in [6.07, 6.45) is -0.642. The van der Waals surface area contributed by atoms with Crippen molar-refractivity contribution in [3.63, 3.8) is 0 Å². The monoisotopic (exact) mass is 344 g/mol. The minimum absolute atomic E-state index is 0.302. The van der Waals surface area contributed by atoms with Crippen molar-refractivity contribution in [2.45, 2.75) is 13.0 Å². The number of rotatable bonds is 6. The second-order valence-corrected chi connectivity index (χ2v) is 5.47. The van der Waals surface area contributed by atoms with Gasteiger partial charge < -0.3 is 20.5 Å². The van der Waals surface area contributed by atoms with Gasteiger partial charge in [-0.05, 0) is 49.0 Å². The van der Waals surface area contributed by atoms with Crippen molar-refractivity contribution in [2.75, 3.05) is 18.5 Å². The molecule has 2 aromatic rings. The Morgan fingerprint density at radius 3 is 2.46 bits per heavy atom. The molecule has 24 heavy (non-hydrogen) atoms. The van der Waals surface area contributed by atoms with Crippen LogP contribution in [0.4, 0.5) is 5.69 Å². The largest absolute Gasteiger partial charge is 0.462 e. The van der Waals surface area contributed by atoms with Crippen LogP contribution in [0.2, 0.25) is 0 Å². The molecule has 0 unspecified atom stereocenters. The van der Waals surface area contributed by atoms with E-state index in [0.717, 1.165) is 11.3 Å². The number of hydrogen-bond donors (Lipinski definition) is 3. The maximum atomic E-state index is 11.6. The van der Waals surface area contributed by atoms with Crippen molar-refractivity contribution in [2.24, 2.45) is 0 Å². The van der Waals surface area contributed by atoms with Gasteiger partial charge in [-0.25, -0.2) is 4.79 Å². The van der Waals surface area contributed by atoms with E-state index in [-0.39, 0.29) is 5.97 Å². The first-order valence-corrected chi connectivity index (χ1v) is 8.06. The summed E-state index contributed by atoms with van der Waals surface area (Å²) in [4.78, 5) is 11.6. The SMILES string of the molecule is CCOC(=O)c1ccc(NC(=S)NC[C@H](O)c2ccccc2)cc1. The van der Waals surface area contributed by atoms with E-state index in [2.05, 4.69) is 10.6 Å². The summed E-state index contributed by atoms with van der Waals surface area (Å²) >= 11 is 5.21. The highest BCUT2D eigenvalue weighted by atomic mass is 32.1. The second-order valence-electron chi connectivity index (χ2n) is 5.06. The molecule has 1 atom stereocenters. The fraction of sp³-hybridized carbons (Fsp3) is 0.222. The maximum absolute atomic E-state index is 11.6. The van der Waals surface area contributed by atoms with Gasteiger partial charge in [0.2, 0.25) is 0 Å². The summed E-state index contributed by atoms with van der Waals surface area (Å²) in [5.74, 6) is -0.351. The molecule has 0 aliphatic carbocycles. The molecule has 3 N–H and O–H groups in total. The van der Waals surface area contributed by atoms with Crippen LogP contribution in [0.3, 0.4) is 0 Å². The zero-order valence-corrected chi connectivity index (χ0v) is 14.2. The Bertz CT molecular complexity index is 674. The third kappa shape index (κ3) is 5.33. The molecule has 0 aliphatic heterocycles. The minimum Gasteiger partial charge on any atom is -0.462 e. The molecule has 0 heterocycles. The van der Waals surface area contributed by atoms with Crippen LogP contribution in [0, 0.1) is 0 Å². The first kappa shape index (κ1) is 17.9. The topological polar surface area (TPSA) is 70.6 Å². The van der Waals surface area contributed by atoms with E-state index in [4.69, 9.17) is 17.0 Å². The number of benzene rings is 2. The third-order valence-corrected chi connectivity index (χ3v) is 3.54. The van der Waals surface area contributed by atoms with Crippen LogP contribution in [0.1, 0.15) is 28.9 Å². The maximum Gasteiger partial charge on any atom is 0.338 e. The third-order valence-electron chi connectivity index (χ3n) is 3.29. The number of carbonyl (C=O) groups excluding carboxylic acids is 1. The molecule has 126 valence electrons. The lowest BCUT2D eigenvalue weighted by Crippen LogP contribution is -2.32. The molecule has 5 nitrogen and oxygen atoms in total. The van der Waals surface area contributed by atoms with Crippen LogP contribution < -0.4 is 10.6 Å². The number of aliphatic hydroxyl groups excluding tert-OH is 1. The molecular weight excluding hydrogens is 324 g/mol. The van der Waals surface area contributed by atoms with E-state index < -0.39 is 6.10 Å². The highest BCUT2D eigenvalue weighted by molar-refractivity contribution is 7.80. The lowest BCUT2D eigenvalue weighted by Gasteiger charge is -2.15. The summed E-state index contributed by atoms with van der Waals surface area (Å²) in [7, 11) is 0. The Labute approximate surface area is 146 Å². The lowest BCUT2D eigenvalue weighted by atomic mass is 10.1. The first-order valence-electron chi connectivity index (χ1n) is 7.65. The fourth-order valence-electron chi connectivity index (χ4n) is 2.06. The number of hydrogen-bond acceptors (Lipinski definition) is 4. The van der Waals surface area contributed by atoms with Gasteiger partial charge in [-0.15, -0.1) is 0 Å². The molecule has 2 rings (SSSR count). The molecule has 0 amide bonds. The minimum atomic E-state index is -0.642. The van der Waals surface area contributed by atoms with Crippen molar-refractivity contribution in [3.05, 3.63) is 65.7 Å². The zero-order chi connectivity index (χ0) is 17.4. The van der Waals surface area contributed by atoms with E-state index >= 15 is 0 Å². The van der Waals surface area contributed by atoms with Gasteiger partial charge in [-0.2, -0.15) is 0 Å². The number of esters is 1. The predicted octanol–water partition coefficient (Wildman–Crippen LogP) is 2.88. The summed E-state index contributed by atoms with van der Waals surface area (Å²) in [5.41, 5.74) is 2.06. The quantitative estimate of drug-likeness (QED) is 0.553. The van der Waals surface area contributed by atoms with Crippen LogP contribution >= 0.6 is 12.2 Å². The molecule has 6 heteroatoms. The summed E-state index contributed by atoms with van der Waals surface area (Å²) in [6, 6.07) is 16.2. The fourth-order valence-corrected chi connectivity index (χ4v) is 2.26. The average Bonchev–Trinajstić information content (AvgIpc) is 2.61. The van der Waals surface area contributed by atoms with E-state index in [9.17, 15) is 9.90 Å². The normalized spacial score (nSPS) is 11.4. The molecule has 0 saturated heterocycles. The van der Waals surface area contributed by atoms with E-state index in [1.807, 2.05) is 30.3 Å². The number of ether oxygens (including phenoxy) is 1. The molecular formula is C18H20N2O3S. The van der Waals surface area contributed by atoms with Crippen molar-refractivity contribution in [1.82, 2.24) is 5.32 Å². The molecule has 0 radical (unpaired) electrons. The first-order chi connectivity index (χ1) is 11.6. The van der Waals surface area contributed by atoms with E-state index in [1.165, 1.54) is 0 Å². The Kier molecular flexibility index (Phi) is 6.72. The van der Waals surface area contributed by atoms with Gasteiger partial charge in [0.05, 0.1) is 18.3 Å². The Hall–Kier alpha value is -2.44. The number of carbonyl (C=O) groups is 1. The molecule has 0 spiro atoms. The zero-order valence-electron chi connectivity index (χ0n) is 13.4. The number of nitrogens with one attached hydrogen (secondary N) is 2. The van der Waals surface area contributed by atoms with Crippen LogP contribution in [0.5, 0.6) is 0 Å². The van der Waals surface area contributed by atoms with Crippen LogP contribution in [0.15, 0.2) is 54.6 Å². The van der Waals surface area contributed by atoms with E-state index in [0.29, 0.717) is 23.8 Å². The van der Waals surface area contributed by atoms with E-state index in [1.54, 1.807) is 31.2 Å². The van der Waals surface area contributed by atoms with Crippen molar-refractivity contribution >= 4 is 29.0 Å². The molecule has 0 bridgehead atoms. The van der Waals surface area contributed by atoms with Gasteiger partial charge in [0.1, 0.15) is 0 Å². The number of anilines is 1. The highest BCUT2D eigenvalue weighted by Crippen LogP contribution is 2.12. The van der Waals surface area contributed by atoms with Gasteiger partial charge in [-0.3, -0.25) is 0 Å². The Morgan fingerprint density at radius 1 is 1.17 bits per heavy atom. The van der Waals surface area contributed by atoms with Crippen LogP contribution in [-0.4, -0.2) is 29.3 Å². The summed E-state index contributed by atoms with van der Waals surface area (Å²) in [6.45, 7) is 2.41. The number of thiocarbonyl (C=S) groups is 1. The Balaban J connectivity index is 1.83. The van der Waals surface area contributed by atoms with Crippen molar-refractivity contribution < 1.29 is 14.6 Å². The van der Waals surface area contributed by atoms with Gasteiger partial charge in [-0.1, -0.05) is 30.3 Å². The van der Waals surface area contributed by atoms with Crippen LogP contribution in [0.25, 0.3) is 0 Å². The predicted molar refractivity (Wildman–Crippen MR) is 98.0 cm³/mol.